The third kappa shape index (κ3) is 5.35. The Morgan fingerprint density at radius 1 is 1.35 bits per heavy atom. The van der Waals surface area contributed by atoms with Crippen molar-refractivity contribution in [2.45, 2.75) is 19.1 Å². The van der Waals surface area contributed by atoms with E-state index in [-0.39, 0.29) is 18.7 Å². The van der Waals surface area contributed by atoms with Crippen LogP contribution in [-0.2, 0) is 6.54 Å². The number of carbonyl (C=O) groups is 1. The van der Waals surface area contributed by atoms with Gasteiger partial charge >= 0.3 is 12.1 Å². The number of alkyl halides is 3. The molecule has 0 amide bonds. The van der Waals surface area contributed by atoms with E-state index in [4.69, 9.17) is 5.11 Å². The normalized spacial score (nSPS) is 11.5. The van der Waals surface area contributed by atoms with Crippen LogP contribution in [0.25, 0.3) is 0 Å². The number of carboxylic acid groups (broad SMARTS) is 1. The molecule has 0 radical (unpaired) electrons. The van der Waals surface area contributed by atoms with Gasteiger partial charge in [0.05, 0.1) is 12.0 Å². The molecule has 1 aromatic rings. The summed E-state index contributed by atoms with van der Waals surface area (Å²) in [4.78, 5) is 10.6. The molecular formula is C11H12F3NO2. The Balaban J connectivity index is 2.42. The van der Waals surface area contributed by atoms with Gasteiger partial charge in [-0.2, -0.15) is 13.2 Å². The zero-order valence-corrected chi connectivity index (χ0v) is 8.92. The molecule has 0 atom stereocenters. The molecule has 94 valence electrons. The number of benzene rings is 1. The maximum absolute atomic E-state index is 11.8. The Hall–Kier alpha value is -1.56. The molecule has 0 bridgehead atoms. The zero-order chi connectivity index (χ0) is 12.9. The molecule has 0 unspecified atom stereocenters. The van der Waals surface area contributed by atoms with E-state index in [1.54, 1.807) is 12.1 Å². The first kappa shape index (κ1) is 13.5. The molecule has 0 spiro atoms. The minimum Gasteiger partial charge on any atom is -0.478 e. The smallest absolute Gasteiger partial charge is 0.390 e. The molecule has 0 aliphatic carbocycles. The van der Waals surface area contributed by atoms with Crippen molar-refractivity contribution in [3.63, 3.8) is 0 Å². The number of halogens is 3. The summed E-state index contributed by atoms with van der Waals surface area (Å²) < 4.78 is 35.5. The van der Waals surface area contributed by atoms with Crippen LogP contribution in [0, 0.1) is 0 Å². The van der Waals surface area contributed by atoms with Crippen LogP contribution in [0.2, 0.25) is 0 Å². The lowest BCUT2D eigenvalue weighted by molar-refractivity contribution is -0.133. The second-order valence-corrected chi connectivity index (χ2v) is 3.55. The number of hydrogen-bond donors (Lipinski definition) is 2. The molecule has 6 heteroatoms. The molecule has 3 nitrogen and oxygen atoms in total. The van der Waals surface area contributed by atoms with Crippen LogP contribution in [0.4, 0.5) is 13.2 Å². The Kier molecular flexibility index (Phi) is 4.51. The summed E-state index contributed by atoms with van der Waals surface area (Å²) in [6, 6.07) is 6.09. The molecule has 0 aromatic heterocycles. The molecule has 1 aromatic carbocycles. The van der Waals surface area contributed by atoms with Crippen LogP contribution in [-0.4, -0.2) is 23.8 Å². The van der Waals surface area contributed by atoms with Crippen molar-refractivity contribution in [3.05, 3.63) is 35.4 Å². The van der Waals surface area contributed by atoms with Crippen LogP contribution < -0.4 is 5.32 Å². The maximum Gasteiger partial charge on any atom is 0.390 e. The Morgan fingerprint density at radius 3 is 2.65 bits per heavy atom. The lowest BCUT2D eigenvalue weighted by Gasteiger charge is -2.08. The van der Waals surface area contributed by atoms with E-state index in [0.717, 1.165) is 0 Å². The van der Waals surface area contributed by atoms with Gasteiger partial charge in [-0.25, -0.2) is 4.79 Å². The van der Waals surface area contributed by atoms with E-state index in [1.807, 2.05) is 0 Å². The summed E-state index contributed by atoms with van der Waals surface area (Å²) in [5.41, 5.74) is 0.771. The molecule has 1 rings (SSSR count). The van der Waals surface area contributed by atoms with Crippen molar-refractivity contribution in [3.8, 4) is 0 Å². The van der Waals surface area contributed by atoms with Crippen LogP contribution in [0.3, 0.4) is 0 Å². The van der Waals surface area contributed by atoms with Crippen molar-refractivity contribution in [1.82, 2.24) is 5.32 Å². The van der Waals surface area contributed by atoms with E-state index in [1.165, 1.54) is 12.1 Å². The first-order chi connectivity index (χ1) is 7.88. The minimum atomic E-state index is -4.17. The fourth-order valence-electron chi connectivity index (χ4n) is 1.28. The van der Waals surface area contributed by atoms with E-state index < -0.39 is 18.6 Å². The third-order valence-electron chi connectivity index (χ3n) is 2.09. The van der Waals surface area contributed by atoms with Gasteiger partial charge in [0.15, 0.2) is 0 Å². The van der Waals surface area contributed by atoms with Gasteiger partial charge in [0, 0.05) is 13.1 Å². The van der Waals surface area contributed by atoms with Crippen molar-refractivity contribution >= 4 is 5.97 Å². The summed E-state index contributed by atoms with van der Waals surface area (Å²) in [5, 5.41) is 11.3. The first-order valence-corrected chi connectivity index (χ1v) is 4.98. The van der Waals surface area contributed by atoms with Gasteiger partial charge in [-0.1, -0.05) is 12.1 Å². The molecule has 0 saturated carbocycles. The summed E-state index contributed by atoms with van der Waals surface area (Å²) in [7, 11) is 0. The number of nitrogens with one attached hydrogen (secondary N) is 1. The standard InChI is InChI=1S/C11H12F3NO2/c12-11(13,14)4-5-15-7-8-2-1-3-9(6-8)10(16)17/h1-3,6,15H,4-5,7H2,(H,16,17). The van der Waals surface area contributed by atoms with Crippen molar-refractivity contribution in [2.75, 3.05) is 6.54 Å². The molecule has 0 saturated heterocycles. The third-order valence-corrected chi connectivity index (χ3v) is 2.09. The second-order valence-electron chi connectivity index (χ2n) is 3.55. The van der Waals surface area contributed by atoms with Crippen molar-refractivity contribution in [2.24, 2.45) is 0 Å². The fourth-order valence-corrected chi connectivity index (χ4v) is 1.28. The number of hydrogen-bond acceptors (Lipinski definition) is 2. The van der Waals surface area contributed by atoms with E-state index in [0.29, 0.717) is 5.56 Å². The van der Waals surface area contributed by atoms with Gasteiger partial charge in [0.1, 0.15) is 0 Å². The van der Waals surface area contributed by atoms with Gasteiger partial charge in [-0.05, 0) is 17.7 Å². The topological polar surface area (TPSA) is 49.3 Å². The SMILES string of the molecule is O=C(O)c1cccc(CNCCC(F)(F)F)c1. The maximum atomic E-state index is 11.8. The highest BCUT2D eigenvalue weighted by Gasteiger charge is 2.25. The number of rotatable bonds is 5. The highest BCUT2D eigenvalue weighted by molar-refractivity contribution is 5.87. The van der Waals surface area contributed by atoms with Gasteiger partial charge in [-0.15, -0.1) is 0 Å². The Morgan fingerprint density at radius 2 is 2.06 bits per heavy atom. The molecular weight excluding hydrogens is 235 g/mol. The number of aromatic carboxylic acids is 1. The summed E-state index contributed by atoms with van der Waals surface area (Å²) in [6.07, 6.45) is -5.07. The predicted octanol–water partition coefficient (Wildman–Crippen LogP) is 2.43. The Bertz CT molecular complexity index is 391. The van der Waals surface area contributed by atoms with Crippen LogP contribution in [0.15, 0.2) is 24.3 Å². The van der Waals surface area contributed by atoms with Gasteiger partial charge in [-0.3, -0.25) is 0 Å². The van der Waals surface area contributed by atoms with Gasteiger partial charge in [0.2, 0.25) is 0 Å². The molecule has 0 aliphatic rings. The largest absolute Gasteiger partial charge is 0.478 e. The summed E-state index contributed by atoms with van der Waals surface area (Å²) in [6.45, 7) is 0.0397. The first-order valence-electron chi connectivity index (χ1n) is 4.98. The highest BCUT2D eigenvalue weighted by atomic mass is 19.4. The van der Waals surface area contributed by atoms with E-state index >= 15 is 0 Å². The molecule has 0 aliphatic heterocycles. The highest BCUT2D eigenvalue weighted by Crippen LogP contribution is 2.18. The molecule has 0 fully saturated rings. The van der Waals surface area contributed by atoms with Crippen LogP contribution in [0.5, 0.6) is 0 Å². The lowest BCUT2D eigenvalue weighted by atomic mass is 10.1. The van der Waals surface area contributed by atoms with Gasteiger partial charge < -0.3 is 10.4 Å². The summed E-state index contributed by atoms with van der Waals surface area (Å²) in [5.74, 6) is -1.05. The quantitative estimate of drug-likeness (QED) is 0.785. The average molecular weight is 247 g/mol. The van der Waals surface area contributed by atoms with Crippen LogP contribution >= 0.6 is 0 Å². The lowest BCUT2D eigenvalue weighted by Crippen LogP contribution is -2.21. The van der Waals surface area contributed by atoms with Crippen LogP contribution in [0.1, 0.15) is 22.3 Å². The molecule has 17 heavy (non-hydrogen) atoms. The van der Waals surface area contributed by atoms with E-state index in [2.05, 4.69) is 5.32 Å². The number of carboxylic acids is 1. The molecule has 0 heterocycles. The monoisotopic (exact) mass is 247 g/mol. The fraction of sp³-hybridized carbons (Fsp3) is 0.364. The van der Waals surface area contributed by atoms with Gasteiger partial charge in [0.25, 0.3) is 0 Å². The van der Waals surface area contributed by atoms with E-state index in [9.17, 15) is 18.0 Å². The van der Waals surface area contributed by atoms with Crippen molar-refractivity contribution < 1.29 is 23.1 Å². The Labute approximate surface area is 96.3 Å². The second kappa shape index (κ2) is 5.67. The van der Waals surface area contributed by atoms with Crippen molar-refractivity contribution in [1.29, 1.82) is 0 Å². The minimum absolute atomic E-state index is 0.125. The summed E-state index contributed by atoms with van der Waals surface area (Å²) >= 11 is 0. The predicted molar refractivity (Wildman–Crippen MR) is 55.8 cm³/mol. The average Bonchev–Trinajstić information content (AvgIpc) is 2.23. The zero-order valence-electron chi connectivity index (χ0n) is 8.92. The molecule has 2 N–H and O–H groups in total.